The van der Waals surface area contributed by atoms with Crippen LogP contribution in [0, 0.1) is 6.92 Å². The number of methoxy groups -OCH3 is 1. The minimum absolute atomic E-state index is 0.0877. The Morgan fingerprint density at radius 3 is 2.58 bits per heavy atom. The monoisotopic (exact) mass is 620 g/mol. The van der Waals surface area contributed by atoms with Gasteiger partial charge in [0, 0.05) is 13.7 Å². The first-order chi connectivity index (χ1) is 19.0. The van der Waals surface area contributed by atoms with Gasteiger partial charge in [-0.1, -0.05) is 52.7 Å². The summed E-state index contributed by atoms with van der Waals surface area (Å²) in [6, 6.07) is 10.6. The summed E-state index contributed by atoms with van der Waals surface area (Å²) in [6.07, 6.45) is -4.59. The first-order valence-electron chi connectivity index (χ1n) is 11.6. The second kappa shape index (κ2) is 14.1. The number of carbonyl (C=O) groups excluding carboxylic acids is 1. The quantitative estimate of drug-likeness (QED) is 0.122. The maximum absolute atomic E-state index is 12.6. The van der Waals surface area contributed by atoms with Crippen LogP contribution in [0.15, 0.2) is 36.4 Å². The Morgan fingerprint density at radius 2 is 1.93 bits per heavy atom. The minimum Gasteiger partial charge on any atom is -0.435 e. The highest BCUT2D eigenvalue weighted by molar-refractivity contribution is 7.16. The molecule has 0 aliphatic heterocycles. The fraction of sp³-hybridized carbons (Fsp3) is 0.320. The van der Waals surface area contributed by atoms with Crippen molar-refractivity contribution in [1.29, 1.82) is 0 Å². The number of carbonyl (C=O) groups is 1. The summed E-state index contributed by atoms with van der Waals surface area (Å²) in [4.78, 5) is 15.7. The van der Waals surface area contributed by atoms with Gasteiger partial charge in [-0.2, -0.15) is 18.3 Å². The number of halogens is 5. The number of para-hydroxylation sites is 1. The summed E-state index contributed by atoms with van der Waals surface area (Å²) in [7, 11) is 1.46. The topological polar surface area (TPSA) is 107 Å². The van der Waals surface area contributed by atoms with Gasteiger partial charge in [-0.25, -0.2) is 14.3 Å². The van der Waals surface area contributed by atoms with Crippen molar-refractivity contribution in [1.82, 2.24) is 14.6 Å². The number of nitrogens with one attached hydrogen (secondary N) is 1. The van der Waals surface area contributed by atoms with Crippen LogP contribution in [0.2, 0.25) is 10.0 Å². The summed E-state index contributed by atoms with van der Waals surface area (Å²) in [6.45, 7) is 3.51. The Hall–Kier alpha value is -2.94. The molecule has 0 radical (unpaired) electrons. The number of nitrogens with zero attached hydrogens (tertiary/aromatic N) is 3. The maximum atomic E-state index is 12.6. The highest BCUT2D eigenvalue weighted by atomic mass is 35.5. The van der Waals surface area contributed by atoms with Crippen molar-refractivity contribution in [3.63, 3.8) is 0 Å². The number of anilines is 2. The molecule has 0 bridgehead atoms. The van der Waals surface area contributed by atoms with Crippen LogP contribution in [-0.4, -0.2) is 46.2 Å². The molecule has 2 aromatic carbocycles. The lowest BCUT2D eigenvalue weighted by atomic mass is 10.1. The van der Waals surface area contributed by atoms with Gasteiger partial charge < -0.3 is 24.6 Å². The van der Waals surface area contributed by atoms with E-state index in [1.54, 1.807) is 30.3 Å². The molecule has 4 rings (SSSR count). The molecule has 0 aliphatic rings. The molecule has 15 heteroatoms. The van der Waals surface area contributed by atoms with Gasteiger partial charge in [0.15, 0.2) is 12.5 Å². The van der Waals surface area contributed by atoms with Crippen molar-refractivity contribution in [3.8, 4) is 0 Å². The zero-order chi connectivity index (χ0) is 29.4. The molecule has 4 aromatic rings. The maximum Gasteiger partial charge on any atom is 0.435 e. The number of aliphatic hydroxyl groups excluding tert-OH is 1. The number of aliphatic hydroxyl groups is 1. The Bertz CT molecular complexity index is 1460. The Labute approximate surface area is 241 Å². The highest BCUT2D eigenvalue weighted by Gasteiger charge is 2.38. The fourth-order valence-corrected chi connectivity index (χ4v) is 4.66. The molecule has 216 valence electrons. The van der Waals surface area contributed by atoms with E-state index in [9.17, 15) is 18.0 Å². The molecule has 0 saturated carbocycles. The normalized spacial score (nSPS) is 11.3. The average molecular weight is 621 g/mol. The van der Waals surface area contributed by atoms with E-state index in [-0.39, 0.29) is 24.1 Å². The molecular formula is C25H25Cl2F3N4O5S. The summed E-state index contributed by atoms with van der Waals surface area (Å²) in [5.41, 5.74) is 0.923. The predicted octanol–water partition coefficient (Wildman–Crippen LogP) is 6.64. The lowest BCUT2D eigenvalue weighted by Gasteiger charge is -2.15. The summed E-state index contributed by atoms with van der Waals surface area (Å²) in [5.74, 6) is -0.485. The Kier molecular flexibility index (Phi) is 11.1. The van der Waals surface area contributed by atoms with Crippen LogP contribution in [0.4, 0.5) is 24.5 Å². The molecule has 0 spiro atoms. The molecule has 0 amide bonds. The minimum atomic E-state index is -4.59. The number of aromatic nitrogens is 3. The number of aryl methyl sites for hydroxylation is 1. The van der Waals surface area contributed by atoms with Crippen LogP contribution in [0.1, 0.15) is 39.2 Å². The number of imidazole rings is 1. The van der Waals surface area contributed by atoms with Crippen molar-refractivity contribution < 1.29 is 37.3 Å². The lowest BCUT2D eigenvalue weighted by Crippen LogP contribution is -2.11. The molecule has 0 saturated heterocycles. The van der Waals surface area contributed by atoms with E-state index in [1.807, 2.05) is 19.9 Å². The van der Waals surface area contributed by atoms with Gasteiger partial charge in [-0.15, -0.1) is 0 Å². The van der Waals surface area contributed by atoms with Crippen LogP contribution < -0.4 is 5.32 Å². The number of hydrogen-bond acceptors (Lipinski definition) is 9. The summed E-state index contributed by atoms with van der Waals surface area (Å²) in [5, 5.41) is 17.5. The molecule has 0 fully saturated rings. The second-order valence-corrected chi connectivity index (χ2v) is 9.78. The van der Waals surface area contributed by atoms with Crippen molar-refractivity contribution in [2.75, 3.05) is 25.8 Å². The van der Waals surface area contributed by atoms with Crippen molar-refractivity contribution in [3.05, 3.63) is 74.0 Å². The third-order valence-electron chi connectivity index (χ3n) is 5.19. The highest BCUT2D eigenvalue weighted by Crippen LogP contribution is 2.36. The van der Waals surface area contributed by atoms with Crippen molar-refractivity contribution in [2.45, 2.75) is 33.2 Å². The van der Waals surface area contributed by atoms with E-state index in [4.69, 9.17) is 42.5 Å². The van der Waals surface area contributed by atoms with Gasteiger partial charge in [-0.3, -0.25) is 0 Å². The number of benzene rings is 2. The Morgan fingerprint density at radius 1 is 1.20 bits per heavy atom. The number of rotatable bonds is 9. The van der Waals surface area contributed by atoms with E-state index in [1.165, 1.54) is 7.11 Å². The smallest absolute Gasteiger partial charge is 0.435 e. The zero-order valence-corrected chi connectivity index (χ0v) is 23.8. The number of alkyl halides is 3. The molecule has 0 aliphatic carbocycles. The van der Waals surface area contributed by atoms with Gasteiger partial charge in [0.2, 0.25) is 4.96 Å². The third-order valence-corrected chi connectivity index (χ3v) is 6.88. The first-order valence-corrected chi connectivity index (χ1v) is 13.2. The molecule has 9 nitrogen and oxygen atoms in total. The number of esters is 1. The van der Waals surface area contributed by atoms with Crippen LogP contribution in [0.3, 0.4) is 0 Å². The van der Waals surface area contributed by atoms with Crippen LogP contribution in [0.25, 0.3) is 4.96 Å². The van der Waals surface area contributed by atoms with E-state index in [0.717, 1.165) is 21.4 Å². The van der Waals surface area contributed by atoms with Crippen LogP contribution in [0.5, 0.6) is 0 Å². The summed E-state index contributed by atoms with van der Waals surface area (Å²) >= 11 is 13.5. The molecular weight excluding hydrogens is 596 g/mol. The molecule has 0 atom stereocenters. The van der Waals surface area contributed by atoms with Gasteiger partial charge >= 0.3 is 12.1 Å². The fourth-order valence-electron chi connectivity index (χ4n) is 3.31. The average Bonchev–Trinajstić information content (AvgIpc) is 3.47. The first kappa shape index (κ1) is 31.6. The van der Waals surface area contributed by atoms with E-state index in [2.05, 4.69) is 15.4 Å². The van der Waals surface area contributed by atoms with Gasteiger partial charge in [0.25, 0.3) is 0 Å². The standard InChI is InChI=1S/C17H17Cl2NO3.C8H8F3N3O2S/c1-3-22-10-23-17(21)12-6-4-5-7-14(12)20-16-13(18)9-8-11(2)15(16)19;1-16-3-5-13-14-4(2-15)6(8(9,10)11)12-7(14)17-5/h4-9,20H,3,10H2,1-2H3;15H,2-3H2,1H3. The number of fused-ring (bicyclic) bond motifs is 1. The van der Waals surface area contributed by atoms with Crippen LogP contribution in [-0.2, 0) is 33.6 Å². The lowest BCUT2D eigenvalue weighted by molar-refractivity contribution is -0.142. The number of hydrogen-bond donors (Lipinski definition) is 2. The SMILES string of the molecule is CCOCOC(=O)c1ccccc1Nc1c(Cl)ccc(C)c1Cl.COCc1nn2c(CO)c(C(F)(F)F)nc2s1. The molecule has 0 unspecified atom stereocenters. The predicted molar refractivity (Wildman–Crippen MR) is 145 cm³/mol. The largest absolute Gasteiger partial charge is 0.435 e. The Balaban J connectivity index is 0.000000230. The molecule has 2 heterocycles. The molecule has 40 heavy (non-hydrogen) atoms. The second-order valence-electron chi connectivity index (χ2n) is 7.95. The van der Waals surface area contributed by atoms with Gasteiger partial charge in [-0.05, 0) is 37.6 Å². The van der Waals surface area contributed by atoms with Crippen LogP contribution >= 0.6 is 34.5 Å². The molecule has 2 N–H and O–H groups in total. The zero-order valence-electron chi connectivity index (χ0n) is 21.5. The molecule has 2 aromatic heterocycles. The number of ether oxygens (including phenoxy) is 3. The summed E-state index contributed by atoms with van der Waals surface area (Å²) < 4.78 is 53.6. The van der Waals surface area contributed by atoms with E-state index in [0.29, 0.717) is 38.6 Å². The third kappa shape index (κ3) is 7.62. The van der Waals surface area contributed by atoms with E-state index < -0.39 is 24.4 Å². The van der Waals surface area contributed by atoms with Crippen molar-refractivity contribution >= 4 is 56.8 Å². The van der Waals surface area contributed by atoms with Gasteiger partial charge in [0.1, 0.15) is 10.7 Å². The van der Waals surface area contributed by atoms with Gasteiger partial charge in [0.05, 0.1) is 40.2 Å². The van der Waals surface area contributed by atoms with Crippen molar-refractivity contribution in [2.24, 2.45) is 0 Å². The van der Waals surface area contributed by atoms with E-state index >= 15 is 0 Å².